The van der Waals surface area contributed by atoms with E-state index in [0.717, 1.165) is 15.6 Å². The van der Waals surface area contributed by atoms with Gasteiger partial charge in [-0.1, -0.05) is 11.3 Å². The van der Waals surface area contributed by atoms with Gasteiger partial charge in [0.25, 0.3) is 10.0 Å². The van der Waals surface area contributed by atoms with Gasteiger partial charge in [-0.2, -0.15) is 4.31 Å². The van der Waals surface area contributed by atoms with Gasteiger partial charge in [0.2, 0.25) is 9.47 Å². The van der Waals surface area contributed by atoms with Crippen LogP contribution in [-0.4, -0.2) is 60.4 Å². The van der Waals surface area contributed by atoms with Crippen molar-refractivity contribution in [2.75, 3.05) is 32.5 Å². The van der Waals surface area contributed by atoms with Crippen LogP contribution in [0.25, 0.3) is 0 Å². The van der Waals surface area contributed by atoms with Crippen molar-refractivity contribution in [3.63, 3.8) is 0 Å². The van der Waals surface area contributed by atoms with E-state index >= 15 is 0 Å². The second-order valence-electron chi connectivity index (χ2n) is 4.50. The van der Waals surface area contributed by atoms with E-state index in [-0.39, 0.29) is 16.0 Å². The van der Waals surface area contributed by atoms with Crippen molar-refractivity contribution in [3.8, 4) is 0 Å². The molecule has 0 aromatic carbocycles. The Hall–Kier alpha value is -0.810. The average molecular weight is 308 g/mol. The Balaban J connectivity index is 2.12. The molecule has 0 atom stereocenters. The third kappa shape index (κ3) is 3.20. The lowest BCUT2D eigenvalue weighted by Crippen LogP contribution is -2.47. The molecule has 0 bridgehead atoms. The zero-order valence-corrected chi connectivity index (χ0v) is 12.1. The summed E-state index contributed by atoms with van der Waals surface area (Å²) in [5.41, 5.74) is 4.32. The average Bonchev–Trinajstić information content (AvgIpc) is 2.77. The largest absolute Gasteiger partial charge is 0.388 e. The molecule has 1 aromatic rings. The van der Waals surface area contributed by atoms with Crippen molar-refractivity contribution < 1.29 is 18.3 Å². The summed E-state index contributed by atoms with van der Waals surface area (Å²) in [6.07, 6.45) is 0.816. The molecular weight excluding hydrogens is 292 g/mol. The quantitative estimate of drug-likeness (QED) is 0.753. The van der Waals surface area contributed by atoms with Crippen molar-refractivity contribution in [1.29, 1.82) is 0 Å². The summed E-state index contributed by atoms with van der Waals surface area (Å²) in [6, 6.07) is 0. The van der Waals surface area contributed by atoms with Gasteiger partial charge in [0.15, 0.2) is 0 Å². The minimum Gasteiger partial charge on any atom is -0.388 e. The van der Waals surface area contributed by atoms with E-state index in [0.29, 0.717) is 26.1 Å². The maximum atomic E-state index is 12.2. The lowest BCUT2D eigenvalue weighted by Gasteiger charge is -2.34. The van der Waals surface area contributed by atoms with Gasteiger partial charge in [0.1, 0.15) is 0 Å². The molecule has 1 aliphatic rings. The van der Waals surface area contributed by atoms with Crippen LogP contribution in [0.2, 0.25) is 0 Å². The van der Waals surface area contributed by atoms with Gasteiger partial charge in [-0.3, -0.25) is 0 Å². The lowest BCUT2D eigenvalue weighted by atomic mass is 9.95. The van der Waals surface area contributed by atoms with Gasteiger partial charge in [0, 0.05) is 39.6 Å². The maximum absolute atomic E-state index is 12.2. The first-order valence-electron chi connectivity index (χ1n) is 5.69. The second-order valence-corrected chi connectivity index (χ2v) is 7.73. The summed E-state index contributed by atoms with van der Waals surface area (Å²) in [7, 11) is -2.36. The highest BCUT2D eigenvalue weighted by atomic mass is 32.2. The molecule has 108 valence electrons. The molecule has 0 aliphatic carbocycles. The Labute approximate surface area is 115 Å². The van der Waals surface area contributed by atoms with E-state index in [4.69, 9.17) is 10.5 Å². The number of nitrogens with zero attached hydrogens (tertiary/aromatic N) is 3. The van der Waals surface area contributed by atoms with Gasteiger partial charge < -0.3 is 15.6 Å². The fraction of sp³-hybridized carbons (Fsp3) is 0.778. The molecule has 1 saturated heterocycles. The van der Waals surface area contributed by atoms with Crippen molar-refractivity contribution in [2.45, 2.75) is 22.8 Å². The zero-order chi connectivity index (χ0) is 14.1. The number of nitrogen functional groups attached to an aromatic ring is 1. The van der Waals surface area contributed by atoms with Crippen LogP contribution >= 0.6 is 11.3 Å². The summed E-state index contributed by atoms with van der Waals surface area (Å²) in [5.74, 6) is 0. The summed E-state index contributed by atoms with van der Waals surface area (Å²) in [5, 5.41) is 17.4. The van der Waals surface area contributed by atoms with Crippen molar-refractivity contribution in [2.24, 2.45) is 0 Å². The van der Waals surface area contributed by atoms with Crippen LogP contribution in [0.3, 0.4) is 0 Å². The highest BCUT2D eigenvalue weighted by Crippen LogP contribution is 2.25. The third-order valence-corrected chi connectivity index (χ3v) is 5.90. The first-order chi connectivity index (χ1) is 8.83. The summed E-state index contributed by atoms with van der Waals surface area (Å²) in [6.45, 7) is 0.852. The smallest absolute Gasteiger partial charge is 0.272 e. The van der Waals surface area contributed by atoms with Crippen LogP contribution in [0.15, 0.2) is 4.34 Å². The minimum absolute atomic E-state index is 0.00181. The van der Waals surface area contributed by atoms with Gasteiger partial charge in [-0.15, -0.1) is 10.2 Å². The Morgan fingerprint density at radius 2 is 2.11 bits per heavy atom. The zero-order valence-electron chi connectivity index (χ0n) is 10.4. The van der Waals surface area contributed by atoms with Crippen LogP contribution in [0.4, 0.5) is 5.13 Å². The van der Waals surface area contributed by atoms with E-state index in [1.54, 1.807) is 0 Å². The third-order valence-electron chi connectivity index (χ3n) is 2.99. The number of nitrogens with two attached hydrogens (primary N) is 1. The molecule has 0 radical (unpaired) electrons. The van der Waals surface area contributed by atoms with Crippen LogP contribution in [-0.2, 0) is 14.8 Å². The first kappa shape index (κ1) is 14.6. The topological polar surface area (TPSA) is 119 Å². The lowest BCUT2D eigenvalue weighted by molar-refractivity contribution is -0.0689. The molecule has 2 rings (SSSR count). The van der Waals surface area contributed by atoms with E-state index in [1.165, 1.54) is 7.05 Å². The fourth-order valence-electron chi connectivity index (χ4n) is 1.87. The highest BCUT2D eigenvalue weighted by molar-refractivity contribution is 7.91. The van der Waals surface area contributed by atoms with E-state index in [9.17, 15) is 13.5 Å². The van der Waals surface area contributed by atoms with Gasteiger partial charge >= 0.3 is 0 Å². The second kappa shape index (κ2) is 5.29. The van der Waals surface area contributed by atoms with E-state index < -0.39 is 15.6 Å². The van der Waals surface area contributed by atoms with Crippen LogP contribution in [0.1, 0.15) is 12.8 Å². The van der Waals surface area contributed by atoms with Crippen LogP contribution in [0, 0.1) is 0 Å². The predicted octanol–water partition coefficient (Wildman–Crippen LogP) is -0.718. The van der Waals surface area contributed by atoms with Gasteiger partial charge in [-0.05, 0) is 0 Å². The highest BCUT2D eigenvalue weighted by Gasteiger charge is 2.36. The SMILES string of the molecule is CN(CC1(O)CCOCC1)S(=O)(=O)c1nnc(N)s1. The normalized spacial score (nSPS) is 19.7. The standard InChI is InChI=1S/C9H16N4O4S2/c1-13(6-9(14)2-4-17-5-3-9)19(15,16)8-12-11-7(10)18-8/h14H,2-6H2,1H3,(H2,10,11). The fourth-order valence-corrected chi connectivity index (χ4v) is 4.09. The Morgan fingerprint density at radius 3 is 2.63 bits per heavy atom. The predicted molar refractivity (Wildman–Crippen MR) is 69.1 cm³/mol. The number of rotatable bonds is 4. The van der Waals surface area contributed by atoms with Crippen molar-refractivity contribution in [1.82, 2.24) is 14.5 Å². The molecule has 8 nitrogen and oxygen atoms in total. The summed E-state index contributed by atoms with van der Waals surface area (Å²) >= 11 is 0.804. The Bertz CT molecular complexity index is 538. The Morgan fingerprint density at radius 1 is 1.47 bits per heavy atom. The van der Waals surface area contributed by atoms with E-state index in [2.05, 4.69) is 10.2 Å². The van der Waals surface area contributed by atoms with Crippen molar-refractivity contribution in [3.05, 3.63) is 0 Å². The molecular formula is C9H16N4O4S2. The first-order valence-corrected chi connectivity index (χ1v) is 7.95. The van der Waals surface area contributed by atoms with Crippen LogP contribution in [0.5, 0.6) is 0 Å². The number of ether oxygens (including phenoxy) is 1. The van der Waals surface area contributed by atoms with Crippen molar-refractivity contribution >= 4 is 26.5 Å². The number of hydrogen-bond acceptors (Lipinski definition) is 8. The molecule has 2 heterocycles. The van der Waals surface area contributed by atoms with Gasteiger partial charge in [0.05, 0.1) is 5.60 Å². The number of anilines is 1. The molecule has 10 heteroatoms. The number of aliphatic hydroxyl groups is 1. The molecule has 1 aromatic heterocycles. The number of sulfonamides is 1. The molecule has 0 spiro atoms. The van der Waals surface area contributed by atoms with Gasteiger partial charge in [-0.25, -0.2) is 8.42 Å². The Kier molecular flexibility index (Phi) is 4.06. The molecule has 19 heavy (non-hydrogen) atoms. The summed E-state index contributed by atoms with van der Waals surface area (Å²) < 4.78 is 30.5. The minimum atomic E-state index is -3.76. The molecule has 0 saturated carbocycles. The maximum Gasteiger partial charge on any atom is 0.272 e. The van der Waals surface area contributed by atoms with Crippen LogP contribution < -0.4 is 5.73 Å². The number of likely N-dealkylation sites (N-methyl/N-ethyl adjacent to an activating group) is 1. The molecule has 1 aliphatic heterocycles. The molecule has 1 fully saturated rings. The number of hydrogen-bond donors (Lipinski definition) is 2. The number of aromatic nitrogens is 2. The summed E-state index contributed by atoms with van der Waals surface area (Å²) in [4.78, 5) is 0. The monoisotopic (exact) mass is 308 g/mol. The van der Waals surface area contributed by atoms with E-state index in [1.807, 2.05) is 0 Å². The molecule has 0 unspecified atom stereocenters. The molecule has 0 amide bonds. The molecule has 3 N–H and O–H groups in total.